The number of carbonyl (C=O) groups is 1. The van der Waals surface area contributed by atoms with Crippen molar-refractivity contribution >= 4 is 13.7 Å². The number of aliphatic hydroxyl groups excluding tert-OH is 1. The number of nitrogens with zero attached hydrogens (tertiary/aromatic N) is 1. The van der Waals surface area contributed by atoms with Gasteiger partial charge in [-0.15, -0.1) is 0 Å². The number of hydrogen-bond acceptors (Lipinski definition) is 6. The average Bonchev–Trinajstić information content (AvgIpc) is 3.25. The number of amides is 1. The molecule has 0 bridgehead atoms. The van der Waals surface area contributed by atoms with Crippen LogP contribution in [0.2, 0.25) is 0 Å². The highest BCUT2D eigenvalue weighted by molar-refractivity contribution is 7.45. The Hall–Kier alpha value is -2.06. The van der Waals surface area contributed by atoms with E-state index in [9.17, 15) is 19.4 Å². The Kier molecular flexibility index (Phi) is 44.6. The van der Waals surface area contributed by atoms with Gasteiger partial charge in [-0.2, -0.15) is 0 Å². The van der Waals surface area contributed by atoms with Gasteiger partial charge in [0, 0.05) is 6.42 Å². The Morgan fingerprint density at radius 2 is 0.969 bits per heavy atom. The number of phosphoric acid groups is 1. The summed E-state index contributed by atoms with van der Waals surface area (Å²) < 4.78 is 23.3. The highest BCUT2D eigenvalue weighted by Gasteiger charge is 2.23. The van der Waals surface area contributed by atoms with Crippen LogP contribution in [0.4, 0.5) is 0 Å². The second-order valence-corrected chi connectivity index (χ2v) is 20.2. The van der Waals surface area contributed by atoms with Crippen molar-refractivity contribution < 1.29 is 32.9 Å². The summed E-state index contributed by atoms with van der Waals surface area (Å²) in [5.41, 5.74) is 0. The maximum Gasteiger partial charge on any atom is 0.268 e. The molecule has 0 radical (unpaired) electrons. The normalized spacial score (nSPS) is 14.7. The second kappa shape index (κ2) is 46.1. The number of likely N-dealkylation sites (N-methyl/N-ethyl adjacent to an activating group) is 1. The molecule has 372 valence electrons. The molecular weight excluding hydrogens is 816 g/mol. The molecule has 0 saturated heterocycles. The molecule has 0 spiro atoms. The fourth-order valence-corrected chi connectivity index (χ4v) is 8.00. The maximum atomic E-state index is 12.9. The Balaban J connectivity index is 4.30. The standard InChI is InChI=1S/C55H101N2O6P/c1-6-8-10-12-14-16-18-20-22-24-25-26-27-28-29-30-31-33-35-37-39-41-43-45-47-49-55(59)56-53(52-63-64(60,61)62-51-50-57(3,4)5)54(58)48-46-44-42-40-38-36-34-32-23-21-19-17-15-13-11-9-7-2/h8,10,14,16,20,22,25-26,38,40,46,48,53-54,58H,6-7,9,11-13,15,17-19,21,23-24,27-37,39,41-45,47,49-52H2,1-5H3,(H-,56,59,60,61)/b10-8-,16-14-,22-20-,26-25-,40-38+,48-46+. The smallest absolute Gasteiger partial charge is 0.268 e. The largest absolute Gasteiger partial charge is 0.756 e. The molecule has 3 atom stereocenters. The highest BCUT2D eigenvalue weighted by Crippen LogP contribution is 2.38. The van der Waals surface area contributed by atoms with Crippen molar-refractivity contribution in [2.75, 3.05) is 40.9 Å². The number of hydrogen-bond donors (Lipinski definition) is 2. The molecule has 64 heavy (non-hydrogen) atoms. The first-order valence-electron chi connectivity index (χ1n) is 26.3. The lowest BCUT2D eigenvalue weighted by Crippen LogP contribution is -2.45. The quantitative estimate of drug-likeness (QED) is 0.0272. The molecule has 0 aliphatic rings. The Bertz CT molecular complexity index is 1270. The van der Waals surface area contributed by atoms with Crippen LogP contribution in [0.5, 0.6) is 0 Å². The summed E-state index contributed by atoms with van der Waals surface area (Å²) in [6.07, 6.45) is 62.5. The lowest BCUT2D eigenvalue weighted by molar-refractivity contribution is -0.870. The van der Waals surface area contributed by atoms with Crippen molar-refractivity contribution in [2.45, 2.75) is 231 Å². The number of aliphatic hydroxyl groups is 1. The SMILES string of the molecule is CC/C=C\C/C=C\C/C=C\C/C=C\CCCCCCCCCCCCCCC(=O)NC(COP(=O)([O-])OCC[N+](C)(C)C)C(O)/C=C/CC/C=C/CCCCCCCCCCCCC. The van der Waals surface area contributed by atoms with Crippen LogP contribution in [-0.2, 0) is 18.4 Å². The van der Waals surface area contributed by atoms with Gasteiger partial charge in [0.05, 0.1) is 39.9 Å². The van der Waals surface area contributed by atoms with Gasteiger partial charge in [0.1, 0.15) is 13.2 Å². The summed E-state index contributed by atoms with van der Waals surface area (Å²) in [6, 6.07) is -0.907. The van der Waals surface area contributed by atoms with Crippen molar-refractivity contribution in [3.05, 3.63) is 72.9 Å². The lowest BCUT2D eigenvalue weighted by Gasteiger charge is -2.29. The predicted molar refractivity (Wildman–Crippen MR) is 274 cm³/mol. The van der Waals surface area contributed by atoms with Crippen LogP contribution in [0.1, 0.15) is 219 Å². The molecule has 1 amide bonds. The van der Waals surface area contributed by atoms with Crippen LogP contribution in [0, 0.1) is 0 Å². The molecule has 0 heterocycles. The number of carbonyl (C=O) groups excluding carboxylic acids is 1. The third kappa shape index (κ3) is 47.9. The van der Waals surface area contributed by atoms with Crippen molar-refractivity contribution in [2.24, 2.45) is 0 Å². The minimum absolute atomic E-state index is 0.00918. The monoisotopic (exact) mass is 917 g/mol. The minimum atomic E-state index is -4.60. The number of rotatable bonds is 47. The molecular formula is C55H101N2O6P. The van der Waals surface area contributed by atoms with Gasteiger partial charge >= 0.3 is 0 Å². The number of allylic oxidation sites excluding steroid dienone is 11. The molecule has 0 rings (SSSR count). The summed E-state index contributed by atoms with van der Waals surface area (Å²) in [7, 11) is 1.24. The number of phosphoric ester groups is 1. The summed E-state index contributed by atoms with van der Waals surface area (Å²) in [5.74, 6) is -0.212. The van der Waals surface area contributed by atoms with Gasteiger partial charge in [-0.05, 0) is 70.6 Å². The zero-order valence-corrected chi connectivity index (χ0v) is 43.1. The van der Waals surface area contributed by atoms with E-state index in [1.54, 1.807) is 6.08 Å². The van der Waals surface area contributed by atoms with E-state index >= 15 is 0 Å². The molecule has 0 aromatic rings. The fourth-order valence-electron chi connectivity index (χ4n) is 7.28. The summed E-state index contributed by atoms with van der Waals surface area (Å²) in [6.45, 7) is 4.51. The third-order valence-electron chi connectivity index (χ3n) is 11.4. The lowest BCUT2D eigenvalue weighted by atomic mass is 10.0. The van der Waals surface area contributed by atoms with E-state index in [0.717, 1.165) is 64.2 Å². The van der Waals surface area contributed by atoms with E-state index < -0.39 is 26.6 Å². The Morgan fingerprint density at radius 3 is 1.45 bits per heavy atom. The Labute approximate surface area is 395 Å². The zero-order chi connectivity index (χ0) is 47.1. The van der Waals surface area contributed by atoms with Gasteiger partial charge < -0.3 is 28.8 Å². The van der Waals surface area contributed by atoms with E-state index in [2.05, 4.69) is 79.9 Å². The predicted octanol–water partition coefficient (Wildman–Crippen LogP) is 14.9. The van der Waals surface area contributed by atoms with Gasteiger partial charge in [0.2, 0.25) is 5.91 Å². The average molecular weight is 917 g/mol. The van der Waals surface area contributed by atoms with Gasteiger partial charge in [0.15, 0.2) is 0 Å². The summed E-state index contributed by atoms with van der Waals surface area (Å²) in [4.78, 5) is 25.4. The van der Waals surface area contributed by atoms with Crippen molar-refractivity contribution in [3.63, 3.8) is 0 Å². The fraction of sp³-hybridized carbons (Fsp3) is 0.764. The zero-order valence-electron chi connectivity index (χ0n) is 42.2. The van der Waals surface area contributed by atoms with Crippen LogP contribution >= 0.6 is 7.82 Å². The Morgan fingerprint density at radius 1 is 0.562 bits per heavy atom. The molecule has 8 nitrogen and oxygen atoms in total. The van der Waals surface area contributed by atoms with Gasteiger partial charge in [-0.3, -0.25) is 9.36 Å². The number of quaternary nitrogens is 1. The molecule has 0 aliphatic carbocycles. The molecule has 0 aromatic heterocycles. The summed E-state index contributed by atoms with van der Waals surface area (Å²) in [5, 5.41) is 13.8. The minimum Gasteiger partial charge on any atom is -0.756 e. The molecule has 2 N–H and O–H groups in total. The van der Waals surface area contributed by atoms with Crippen LogP contribution < -0.4 is 10.2 Å². The molecule has 0 saturated carbocycles. The van der Waals surface area contributed by atoms with Crippen LogP contribution in [-0.4, -0.2) is 68.5 Å². The molecule has 0 fully saturated rings. The topological polar surface area (TPSA) is 108 Å². The van der Waals surface area contributed by atoms with E-state index in [1.807, 2.05) is 27.2 Å². The van der Waals surface area contributed by atoms with Crippen molar-refractivity contribution in [3.8, 4) is 0 Å². The van der Waals surface area contributed by atoms with Crippen molar-refractivity contribution in [1.82, 2.24) is 5.32 Å². The number of unbranched alkanes of at least 4 members (excludes halogenated alkanes) is 24. The third-order valence-corrected chi connectivity index (χ3v) is 12.4. The molecule has 0 aliphatic heterocycles. The molecule has 9 heteroatoms. The van der Waals surface area contributed by atoms with Gasteiger partial charge in [-0.1, -0.05) is 215 Å². The van der Waals surface area contributed by atoms with E-state index in [-0.39, 0.29) is 12.5 Å². The molecule has 0 aromatic carbocycles. The first-order valence-corrected chi connectivity index (χ1v) is 27.8. The summed E-state index contributed by atoms with van der Waals surface area (Å²) >= 11 is 0. The molecule has 3 unspecified atom stereocenters. The van der Waals surface area contributed by atoms with Crippen LogP contribution in [0.15, 0.2) is 72.9 Å². The first kappa shape index (κ1) is 61.9. The van der Waals surface area contributed by atoms with Crippen molar-refractivity contribution in [1.29, 1.82) is 0 Å². The first-order chi connectivity index (χ1) is 31.0. The maximum absolute atomic E-state index is 12.9. The second-order valence-electron chi connectivity index (χ2n) is 18.8. The van der Waals surface area contributed by atoms with Crippen LogP contribution in [0.3, 0.4) is 0 Å². The van der Waals surface area contributed by atoms with E-state index in [4.69, 9.17) is 9.05 Å². The highest BCUT2D eigenvalue weighted by atomic mass is 31.2. The van der Waals surface area contributed by atoms with Crippen LogP contribution in [0.25, 0.3) is 0 Å². The van der Waals surface area contributed by atoms with E-state index in [0.29, 0.717) is 17.4 Å². The van der Waals surface area contributed by atoms with E-state index in [1.165, 1.54) is 135 Å². The van der Waals surface area contributed by atoms with Gasteiger partial charge in [-0.25, -0.2) is 0 Å². The van der Waals surface area contributed by atoms with Gasteiger partial charge in [0.25, 0.3) is 7.82 Å². The number of nitrogens with one attached hydrogen (secondary N) is 1.